The standard InChI is InChI=1S/C8H7N5O/c14-6-13-8(10-11-12-13)4-7-2-1-3-9-5-7/h1-3,5-6H,4H2. The predicted octanol–water partition coefficient (Wildman–Crippen LogP) is -0.303. The number of nitrogens with zero attached hydrogens (tertiary/aromatic N) is 5. The van der Waals surface area contributed by atoms with Crippen LogP contribution in [0, 0.1) is 0 Å². The molecule has 0 atom stereocenters. The van der Waals surface area contributed by atoms with Crippen molar-refractivity contribution in [2.75, 3.05) is 0 Å². The summed E-state index contributed by atoms with van der Waals surface area (Å²) in [4.78, 5) is 14.4. The fourth-order valence-corrected chi connectivity index (χ4v) is 1.10. The molecule has 6 nitrogen and oxygen atoms in total. The fraction of sp³-hybridized carbons (Fsp3) is 0.125. The van der Waals surface area contributed by atoms with Gasteiger partial charge in [0.1, 0.15) is 0 Å². The molecule has 0 amide bonds. The molecule has 0 saturated heterocycles. The summed E-state index contributed by atoms with van der Waals surface area (Å²) in [5.41, 5.74) is 0.963. The third-order valence-corrected chi connectivity index (χ3v) is 1.75. The summed E-state index contributed by atoms with van der Waals surface area (Å²) < 4.78 is 1.10. The van der Waals surface area contributed by atoms with Crippen LogP contribution in [-0.2, 0) is 11.2 Å². The van der Waals surface area contributed by atoms with Crippen molar-refractivity contribution in [3.05, 3.63) is 35.9 Å². The highest BCUT2D eigenvalue weighted by Gasteiger charge is 2.05. The largest absolute Gasteiger partial charge is 0.276 e. The van der Waals surface area contributed by atoms with Gasteiger partial charge in [-0.3, -0.25) is 9.78 Å². The van der Waals surface area contributed by atoms with Crippen LogP contribution in [0.1, 0.15) is 11.4 Å². The Labute approximate surface area is 79.6 Å². The van der Waals surface area contributed by atoms with Gasteiger partial charge in [-0.2, -0.15) is 4.68 Å². The smallest absolute Gasteiger partial charge is 0.237 e. The van der Waals surface area contributed by atoms with E-state index in [-0.39, 0.29) is 0 Å². The van der Waals surface area contributed by atoms with Crippen LogP contribution < -0.4 is 0 Å². The van der Waals surface area contributed by atoms with Crippen molar-refractivity contribution in [1.29, 1.82) is 0 Å². The Morgan fingerprint density at radius 2 is 2.43 bits per heavy atom. The maximum absolute atomic E-state index is 10.5. The number of tetrazole rings is 1. The molecule has 6 heteroatoms. The first kappa shape index (κ1) is 8.49. The molecule has 0 bridgehead atoms. The number of carbonyl (C=O) groups excluding carboxylic acids is 1. The number of carbonyl (C=O) groups is 1. The number of aromatic nitrogens is 5. The van der Waals surface area contributed by atoms with E-state index in [0.717, 1.165) is 10.2 Å². The molecule has 0 N–H and O–H groups in total. The average Bonchev–Trinajstić information content (AvgIpc) is 2.67. The SMILES string of the molecule is O=Cn1nnnc1Cc1cccnc1. The van der Waals surface area contributed by atoms with Crippen molar-refractivity contribution >= 4 is 6.41 Å². The first-order valence-electron chi connectivity index (χ1n) is 4.01. The normalized spacial score (nSPS) is 10.0. The van der Waals surface area contributed by atoms with Crippen LogP contribution in [0.15, 0.2) is 24.5 Å². The molecule has 0 spiro atoms. The minimum absolute atomic E-state index is 0.500. The monoisotopic (exact) mass is 189 g/mol. The maximum Gasteiger partial charge on any atom is 0.237 e. The molecule has 2 heterocycles. The maximum atomic E-state index is 10.5. The third-order valence-electron chi connectivity index (χ3n) is 1.75. The van der Waals surface area contributed by atoms with E-state index < -0.39 is 0 Å². The van der Waals surface area contributed by atoms with Crippen molar-refractivity contribution in [1.82, 2.24) is 25.2 Å². The lowest BCUT2D eigenvalue weighted by Crippen LogP contribution is -2.04. The van der Waals surface area contributed by atoms with Gasteiger partial charge in [0.25, 0.3) is 0 Å². The predicted molar refractivity (Wildman–Crippen MR) is 47.0 cm³/mol. The molecule has 2 aromatic heterocycles. The average molecular weight is 189 g/mol. The van der Waals surface area contributed by atoms with Crippen LogP contribution in [-0.4, -0.2) is 31.6 Å². The van der Waals surface area contributed by atoms with Gasteiger partial charge in [0.2, 0.25) is 6.41 Å². The molecular weight excluding hydrogens is 182 g/mol. The molecule has 0 unspecified atom stereocenters. The van der Waals surface area contributed by atoms with Gasteiger partial charge in [-0.1, -0.05) is 6.07 Å². The number of hydrogen-bond acceptors (Lipinski definition) is 5. The first-order valence-corrected chi connectivity index (χ1v) is 4.01. The third kappa shape index (κ3) is 1.63. The van der Waals surface area contributed by atoms with Gasteiger partial charge in [-0.15, -0.1) is 5.10 Å². The van der Waals surface area contributed by atoms with Gasteiger partial charge in [-0.05, 0) is 22.1 Å². The number of rotatable bonds is 3. The van der Waals surface area contributed by atoms with E-state index in [0.29, 0.717) is 18.7 Å². The summed E-state index contributed by atoms with van der Waals surface area (Å²) in [5, 5.41) is 10.6. The molecule has 0 aromatic carbocycles. The van der Waals surface area contributed by atoms with E-state index in [1.54, 1.807) is 12.4 Å². The quantitative estimate of drug-likeness (QED) is 0.489. The Bertz CT molecular complexity index is 424. The second-order valence-corrected chi connectivity index (χ2v) is 2.68. The van der Waals surface area contributed by atoms with E-state index >= 15 is 0 Å². The van der Waals surface area contributed by atoms with Crippen LogP contribution in [0.2, 0.25) is 0 Å². The van der Waals surface area contributed by atoms with E-state index in [9.17, 15) is 4.79 Å². The summed E-state index contributed by atoms with van der Waals surface area (Å²) in [6.45, 7) is 0. The Morgan fingerprint density at radius 3 is 3.14 bits per heavy atom. The Balaban J connectivity index is 2.23. The molecule has 0 aliphatic carbocycles. The van der Waals surface area contributed by atoms with Gasteiger partial charge in [0.15, 0.2) is 5.82 Å². The zero-order chi connectivity index (χ0) is 9.80. The Morgan fingerprint density at radius 1 is 1.50 bits per heavy atom. The van der Waals surface area contributed by atoms with E-state index in [2.05, 4.69) is 20.5 Å². The van der Waals surface area contributed by atoms with Crippen molar-refractivity contribution in [2.45, 2.75) is 6.42 Å². The minimum atomic E-state index is 0.500. The molecular formula is C8H7N5O. The summed E-state index contributed by atoms with van der Waals surface area (Å²) in [7, 11) is 0. The second-order valence-electron chi connectivity index (χ2n) is 2.68. The second kappa shape index (κ2) is 3.73. The number of pyridine rings is 1. The van der Waals surface area contributed by atoms with Crippen LogP contribution >= 0.6 is 0 Å². The molecule has 0 aliphatic heterocycles. The molecule has 0 radical (unpaired) electrons. The van der Waals surface area contributed by atoms with E-state index in [4.69, 9.17) is 0 Å². The van der Waals surface area contributed by atoms with Gasteiger partial charge in [0, 0.05) is 18.8 Å². The molecule has 14 heavy (non-hydrogen) atoms. The van der Waals surface area contributed by atoms with Crippen molar-refractivity contribution in [3.63, 3.8) is 0 Å². The minimum Gasteiger partial charge on any atom is -0.276 e. The molecule has 2 rings (SSSR count). The van der Waals surface area contributed by atoms with Gasteiger partial charge in [0.05, 0.1) is 0 Å². The topological polar surface area (TPSA) is 73.6 Å². The summed E-state index contributed by atoms with van der Waals surface area (Å²) in [6, 6.07) is 3.72. The lowest BCUT2D eigenvalue weighted by Gasteiger charge is -1.96. The molecule has 2 aromatic rings. The zero-order valence-electron chi connectivity index (χ0n) is 7.24. The van der Waals surface area contributed by atoms with E-state index in [1.165, 1.54) is 0 Å². The molecule has 0 saturated carbocycles. The highest BCUT2D eigenvalue weighted by molar-refractivity contribution is 5.50. The zero-order valence-corrected chi connectivity index (χ0v) is 7.24. The van der Waals surface area contributed by atoms with Gasteiger partial charge < -0.3 is 0 Å². The van der Waals surface area contributed by atoms with Crippen LogP contribution in [0.4, 0.5) is 0 Å². The van der Waals surface area contributed by atoms with Crippen molar-refractivity contribution in [2.24, 2.45) is 0 Å². The van der Waals surface area contributed by atoms with E-state index in [1.807, 2.05) is 12.1 Å². The van der Waals surface area contributed by atoms with Crippen LogP contribution in [0.3, 0.4) is 0 Å². The summed E-state index contributed by atoms with van der Waals surface area (Å²) in [6.07, 6.45) is 4.47. The Kier molecular flexibility index (Phi) is 2.26. The van der Waals surface area contributed by atoms with Gasteiger partial charge in [-0.25, -0.2) is 0 Å². The van der Waals surface area contributed by atoms with Crippen molar-refractivity contribution in [3.8, 4) is 0 Å². The fourth-order valence-electron chi connectivity index (χ4n) is 1.10. The highest BCUT2D eigenvalue weighted by atomic mass is 16.1. The number of hydrogen-bond donors (Lipinski definition) is 0. The van der Waals surface area contributed by atoms with Crippen LogP contribution in [0.5, 0.6) is 0 Å². The molecule has 70 valence electrons. The van der Waals surface area contributed by atoms with Crippen molar-refractivity contribution < 1.29 is 4.79 Å². The molecule has 0 aliphatic rings. The first-order chi connectivity index (χ1) is 6.90. The summed E-state index contributed by atoms with van der Waals surface area (Å²) in [5.74, 6) is 0.507. The van der Waals surface area contributed by atoms with Gasteiger partial charge >= 0.3 is 0 Å². The summed E-state index contributed by atoms with van der Waals surface area (Å²) >= 11 is 0. The molecule has 0 fully saturated rings. The lowest BCUT2D eigenvalue weighted by atomic mass is 10.2. The lowest BCUT2D eigenvalue weighted by molar-refractivity contribution is 0.535. The Hall–Kier alpha value is -2.11. The van der Waals surface area contributed by atoms with Crippen LogP contribution in [0.25, 0.3) is 0 Å². The highest BCUT2D eigenvalue weighted by Crippen LogP contribution is 2.02.